The molecule has 0 aromatic heterocycles. The van der Waals surface area contributed by atoms with Crippen molar-refractivity contribution >= 4 is 6.09 Å². The lowest BCUT2D eigenvalue weighted by Crippen LogP contribution is -2.29. The van der Waals surface area contributed by atoms with E-state index in [1.165, 1.54) is 0 Å². The summed E-state index contributed by atoms with van der Waals surface area (Å²) in [4.78, 5) is 13.4. The fourth-order valence-corrected chi connectivity index (χ4v) is 2.39. The molecule has 1 fully saturated rings. The number of hydrogen-bond donors (Lipinski definition) is 0. The number of ether oxygens (including phenoxy) is 1. The Kier molecular flexibility index (Phi) is 3.09. The van der Waals surface area contributed by atoms with Gasteiger partial charge in [0.15, 0.2) is 0 Å². The van der Waals surface area contributed by atoms with Gasteiger partial charge < -0.3 is 9.64 Å². The molecule has 0 bridgehead atoms. The lowest BCUT2D eigenvalue weighted by atomic mass is 9.86. The summed E-state index contributed by atoms with van der Waals surface area (Å²) in [6.07, 6.45) is 8.07. The summed E-state index contributed by atoms with van der Waals surface area (Å²) in [6.45, 7) is 5.54. The fourth-order valence-electron chi connectivity index (χ4n) is 2.39. The maximum Gasteiger partial charge on any atom is 0.410 e. The van der Waals surface area contributed by atoms with Crippen molar-refractivity contribution in [2.75, 3.05) is 19.7 Å². The number of carbonyl (C=O) groups is 1. The number of rotatable bonds is 2. The first-order valence-corrected chi connectivity index (χ1v) is 5.49. The van der Waals surface area contributed by atoms with Crippen molar-refractivity contribution in [1.82, 2.24) is 4.90 Å². The first kappa shape index (κ1) is 10.3. The molecule has 1 aliphatic heterocycles. The zero-order chi connectivity index (χ0) is 10.7. The molecule has 3 nitrogen and oxygen atoms in total. The second-order valence-electron chi connectivity index (χ2n) is 4.23. The van der Waals surface area contributed by atoms with Crippen LogP contribution in [0.25, 0.3) is 0 Å². The monoisotopic (exact) mass is 207 g/mol. The molecule has 1 aliphatic carbocycles. The lowest BCUT2D eigenvalue weighted by Gasteiger charge is -2.17. The molecule has 3 heteroatoms. The van der Waals surface area contributed by atoms with Gasteiger partial charge in [0.25, 0.3) is 0 Å². The van der Waals surface area contributed by atoms with E-state index in [-0.39, 0.29) is 6.09 Å². The van der Waals surface area contributed by atoms with Crippen molar-refractivity contribution in [2.45, 2.75) is 12.8 Å². The second-order valence-corrected chi connectivity index (χ2v) is 4.23. The molecule has 2 aliphatic rings. The van der Waals surface area contributed by atoms with E-state index in [2.05, 4.69) is 18.7 Å². The van der Waals surface area contributed by atoms with E-state index in [1.54, 1.807) is 6.08 Å². The summed E-state index contributed by atoms with van der Waals surface area (Å²) in [5.74, 6) is 1.29. The molecule has 0 saturated carbocycles. The molecular formula is C12H17NO2. The fraction of sp³-hybridized carbons (Fsp3) is 0.583. The maximum atomic E-state index is 11.6. The highest BCUT2D eigenvalue weighted by Gasteiger charge is 2.35. The van der Waals surface area contributed by atoms with Gasteiger partial charge >= 0.3 is 6.09 Å². The van der Waals surface area contributed by atoms with E-state index in [9.17, 15) is 4.79 Å². The summed E-state index contributed by atoms with van der Waals surface area (Å²) in [5.41, 5.74) is 0. The van der Waals surface area contributed by atoms with Crippen LogP contribution in [0.2, 0.25) is 0 Å². The van der Waals surface area contributed by atoms with Gasteiger partial charge in [-0.1, -0.05) is 24.8 Å². The highest BCUT2D eigenvalue weighted by molar-refractivity contribution is 5.68. The molecule has 82 valence electrons. The van der Waals surface area contributed by atoms with Crippen molar-refractivity contribution in [3.8, 4) is 0 Å². The van der Waals surface area contributed by atoms with E-state index in [1.807, 2.05) is 4.90 Å². The molecular weight excluding hydrogens is 190 g/mol. The molecule has 15 heavy (non-hydrogen) atoms. The van der Waals surface area contributed by atoms with Crippen LogP contribution < -0.4 is 0 Å². The molecule has 1 amide bonds. The summed E-state index contributed by atoms with van der Waals surface area (Å²) >= 11 is 0. The van der Waals surface area contributed by atoms with Crippen LogP contribution in [0.1, 0.15) is 12.8 Å². The third-order valence-corrected chi connectivity index (χ3v) is 3.20. The van der Waals surface area contributed by atoms with E-state index in [4.69, 9.17) is 4.74 Å². The van der Waals surface area contributed by atoms with Crippen molar-refractivity contribution in [2.24, 2.45) is 11.8 Å². The predicted molar refractivity (Wildman–Crippen MR) is 58.5 cm³/mol. The minimum Gasteiger partial charge on any atom is -0.445 e. The largest absolute Gasteiger partial charge is 0.445 e. The molecule has 0 N–H and O–H groups in total. The Labute approximate surface area is 90.4 Å². The quantitative estimate of drug-likeness (QED) is 0.650. The van der Waals surface area contributed by atoms with Crippen molar-refractivity contribution in [3.05, 3.63) is 24.8 Å². The zero-order valence-corrected chi connectivity index (χ0v) is 8.89. The number of allylic oxidation sites excluding steroid dienone is 2. The third kappa shape index (κ3) is 2.22. The number of fused-ring (bicyclic) bond motifs is 1. The summed E-state index contributed by atoms with van der Waals surface area (Å²) in [7, 11) is 0. The van der Waals surface area contributed by atoms with Gasteiger partial charge in [-0.2, -0.15) is 0 Å². The van der Waals surface area contributed by atoms with E-state index in [0.29, 0.717) is 18.4 Å². The van der Waals surface area contributed by atoms with Gasteiger partial charge in [0, 0.05) is 13.1 Å². The van der Waals surface area contributed by atoms with Crippen molar-refractivity contribution in [1.29, 1.82) is 0 Å². The Morgan fingerprint density at radius 3 is 2.53 bits per heavy atom. The molecule has 2 unspecified atom stereocenters. The van der Waals surface area contributed by atoms with Crippen LogP contribution in [-0.2, 0) is 4.74 Å². The standard InChI is InChI=1S/C12H17NO2/c1-2-7-15-12(14)13-8-10-5-3-4-6-11(10)9-13/h2-4,10-11H,1,5-9H2. The molecule has 0 radical (unpaired) electrons. The molecule has 2 rings (SSSR count). The third-order valence-electron chi connectivity index (χ3n) is 3.20. The van der Waals surface area contributed by atoms with Crippen molar-refractivity contribution in [3.63, 3.8) is 0 Å². The normalized spacial score (nSPS) is 28.7. The van der Waals surface area contributed by atoms with Gasteiger partial charge in [-0.05, 0) is 24.7 Å². The van der Waals surface area contributed by atoms with Gasteiger partial charge in [0.05, 0.1) is 0 Å². The van der Waals surface area contributed by atoms with Gasteiger partial charge in [-0.3, -0.25) is 0 Å². The average molecular weight is 207 g/mol. The Bertz CT molecular complexity index is 269. The van der Waals surface area contributed by atoms with Crippen LogP contribution in [0.3, 0.4) is 0 Å². The van der Waals surface area contributed by atoms with Gasteiger partial charge in [0.1, 0.15) is 6.61 Å². The maximum absolute atomic E-state index is 11.6. The molecule has 1 saturated heterocycles. The summed E-state index contributed by atoms with van der Waals surface area (Å²) in [5, 5.41) is 0. The van der Waals surface area contributed by atoms with Crippen LogP contribution >= 0.6 is 0 Å². The highest BCUT2D eigenvalue weighted by atomic mass is 16.6. The van der Waals surface area contributed by atoms with Gasteiger partial charge in [-0.25, -0.2) is 4.79 Å². The smallest absolute Gasteiger partial charge is 0.410 e. The van der Waals surface area contributed by atoms with Crippen molar-refractivity contribution < 1.29 is 9.53 Å². The minimum absolute atomic E-state index is 0.190. The Balaban J connectivity index is 1.87. The molecule has 1 heterocycles. The van der Waals surface area contributed by atoms with Crippen LogP contribution in [0.4, 0.5) is 4.79 Å². The van der Waals surface area contributed by atoms with Crippen LogP contribution in [0.15, 0.2) is 24.8 Å². The number of likely N-dealkylation sites (tertiary alicyclic amines) is 1. The van der Waals surface area contributed by atoms with Crippen LogP contribution in [0.5, 0.6) is 0 Å². The van der Waals surface area contributed by atoms with Gasteiger partial charge in [0.2, 0.25) is 0 Å². The zero-order valence-electron chi connectivity index (χ0n) is 8.89. The SMILES string of the molecule is C=CCOC(=O)N1CC2CC=CCC2C1. The predicted octanol–water partition coefficient (Wildman–Crippen LogP) is 2.21. The first-order chi connectivity index (χ1) is 7.31. The van der Waals surface area contributed by atoms with Gasteiger partial charge in [-0.15, -0.1) is 0 Å². The number of hydrogen-bond acceptors (Lipinski definition) is 2. The minimum atomic E-state index is -0.190. The molecule has 0 spiro atoms. The molecule has 0 aromatic carbocycles. The summed E-state index contributed by atoms with van der Waals surface area (Å²) in [6, 6.07) is 0. The number of carbonyl (C=O) groups excluding carboxylic acids is 1. The first-order valence-electron chi connectivity index (χ1n) is 5.49. The summed E-state index contributed by atoms with van der Waals surface area (Å²) < 4.78 is 5.03. The molecule has 2 atom stereocenters. The second kappa shape index (κ2) is 4.51. The number of amides is 1. The Hall–Kier alpha value is -1.25. The Morgan fingerprint density at radius 2 is 2.00 bits per heavy atom. The molecule has 0 aromatic rings. The van der Waals surface area contributed by atoms with E-state index < -0.39 is 0 Å². The lowest BCUT2D eigenvalue weighted by molar-refractivity contribution is 0.119. The van der Waals surface area contributed by atoms with Crippen LogP contribution in [0, 0.1) is 11.8 Å². The van der Waals surface area contributed by atoms with E-state index >= 15 is 0 Å². The van der Waals surface area contributed by atoms with E-state index in [0.717, 1.165) is 25.9 Å². The topological polar surface area (TPSA) is 29.5 Å². The van der Waals surface area contributed by atoms with Crippen LogP contribution in [-0.4, -0.2) is 30.7 Å². The Morgan fingerprint density at radius 1 is 1.40 bits per heavy atom. The highest BCUT2D eigenvalue weighted by Crippen LogP contribution is 2.32. The number of nitrogens with zero attached hydrogens (tertiary/aromatic N) is 1. The average Bonchev–Trinajstić information content (AvgIpc) is 2.69.